The van der Waals surface area contributed by atoms with Crippen LogP contribution >= 0.6 is 11.3 Å². The summed E-state index contributed by atoms with van der Waals surface area (Å²) in [5.74, 6) is -2.48. The second-order valence-corrected chi connectivity index (χ2v) is 9.58. The molecule has 3 nitrogen and oxygen atoms in total. The summed E-state index contributed by atoms with van der Waals surface area (Å²) in [4.78, 5) is 12.3. The number of thiophene rings is 1. The lowest BCUT2D eigenvalue weighted by Gasteiger charge is -2.20. The number of esters is 1. The summed E-state index contributed by atoms with van der Waals surface area (Å²) in [6.45, 7) is 6.09. The molecule has 188 valence electrons. The molecule has 0 amide bonds. The number of alkyl halides is 3. The average molecular weight is 505 g/mol. The lowest BCUT2D eigenvalue weighted by Crippen LogP contribution is -2.33. The molecule has 3 rings (SSSR count). The van der Waals surface area contributed by atoms with Gasteiger partial charge in [-0.15, -0.1) is 11.3 Å². The van der Waals surface area contributed by atoms with Gasteiger partial charge in [0.15, 0.2) is 0 Å². The van der Waals surface area contributed by atoms with E-state index in [4.69, 9.17) is 4.74 Å². The van der Waals surface area contributed by atoms with Crippen molar-refractivity contribution in [2.24, 2.45) is 5.92 Å². The normalized spacial score (nSPS) is 12.5. The lowest BCUT2D eigenvalue weighted by atomic mass is 9.98. The van der Waals surface area contributed by atoms with Crippen LogP contribution in [0.4, 0.5) is 13.2 Å². The highest BCUT2D eigenvalue weighted by molar-refractivity contribution is 7.22. The van der Waals surface area contributed by atoms with Crippen molar-refractivity contribution in [3.05, 3.63) is 66.2 Å². The van der Waals surface area contributed by atoms with Gasteiger partial charge >= 0.3 is 12.1 Å². The first-order valence-electron chi connectivity index (χ1n) is 11.9. The largest absolute Gasteiger partial charge is 0.493 e. The van der Waals surface area contributed by atoms with E-state index >= 15 is 0 Å². The Morgan fingerprint density at radius 3 is 2.57 bits per heavy atom. The fourth-order valence-electron chi connectivity index (χ4n) is 3.82. The zero-order chi connectivity index (χ0) is 25.4. The molecule has 0 bridgehead atoms. The molecule has 1 unspecified atom stereocenters. The summed E-state index contributed by atoms with van der Waals surface area (Å²) >= 11 is 1.60. The third-order valence-electron chi connectivity index (χ3n) is 5.88. The Kier molecular flexibility index (Phi) is 9.38. The second kappa shape index (κ2) is 12.2. The van der Waals surface area contributed by atoms with Crippen molar-refractivity contribution in [2.75, 3.05) is 13.2 Å². The van der Waals surface area contributed by atoms with Gasteiger partial charge in [-0.3, -0.25) is 0 Å². The Bertz CT molecular complexity index is 1150. The molecule has 2 aromatic carbocycles. The molecule has 0 aliphatic heterocycles. The third kappa shape index (κ3) is 7.34. The van der Waals surface area contributed by atoms with Gasteiger partial charge in [0.1, 0.15) is 24.9 Å². The number of aryl methyl sites for hydroxylation is 2. The second-order valence-electron chi connectivity index (χ2n) is 8.50. The number of benzene rings is 2. The molecule has 0 aliphatic rings. The summed E-state index contributed by atoms with van der Waals surface area (Å²) in [5, 5.41) is 1.01. The SMILES string of the molecule is C=CC(=O)OCC(COc1ccc2cc(-c3ccc(CCCCC)cc3CC)sc2c1)C(F)(F)F. The molecule has 0 radical (unpaired) electrons. The van der Waals surface area contributed by atoms with Crippen LogP contribution in [0.3, 0.4) is 0 Å². The van der Waals surface area contributed by atoms with E-state index in [1.54, 1.807) is 23.5 Å². The number of hydrogen-bond acceptors (Lipinski definition) is 4. The number of unbranched alkanes of at least 4 members (excludes halogenated alkanes) is 2. The summed E-state index contributed by atoms with van der Waals surface area (Å²) in [7, 11) is 0. The smallest absolute Gasteiger partial charge is 0.398 e. The monoisotopic (exact) mass is 504 g/mol. The Hall–Kier alpha value is -2.80. The number of halogens is 3. The highest BCUT2D eigenvalue weighted by atomic mass is 32.1. The minimum atomic E-state index is -4.55. The number of rotatable bonds is 12. The highest BCUT2D eigenvalue weighted by Crippen LogP contribution is 2.38. The van der Waals surface area contributed by atoms with E-state index < -0.39 is 31.3 Å². The van der Waals surface area contributed by atoms with Crippen molar-refractivity contribution in [1.29, 1.82) is 0 Å². The van der Waals surface area contributed by atoms with Gasteiger partial charge in [0.25, 0.3) is 0 Å². The van der Waals surface area contributed by atoms with Gasteiger partial charge in [-0.05, 0) is 65.6 Å². The lowest BCUT2D eigenvalue weighted by molar-refractivity contribution is -0.195. The van der Waals surface area contributed by atoms with Gasteiger partial charge in [0, 0.05) is 15.7 Å². The summed E-state index contributed by atoms with van der Waals surface area (Å²) < 4.78 is 50.9. The van der Waals surface area contributed by atoms with Gasteiger partial charge in [0.05, 0.1) is 0 Å². The maximum Gasteiger partial charge on any atom is 0.398 e. The molecule has 1 atom stereocenters. The Labute approximate surface area is 208 Å². The van der Waals surface area contributed by atoms with Gasteiger partial charge in [-0.1, -0.05) is 51.5 Å². The van der Waals surface area contributed by atoms with Crippen LogP contribution in [0.25, 0.3) is 20.5 Å². The van der Waals surface area contributed by atoms with Crippen molar-refractivity contribution in [3.63, 3.8) is 0 Å². The van der Waals surface area contributed by atoms with E-state index in [2.05, 4.69) is 49.4 Å². The molecule has 0 saturated carbocycles. The van der Waals surface area contributed by atoms with E-state index in [9.17, 15) is 18.0 Å². The van der Waals surface area contributed by atoms with E-state index in [-0.39, 0.29) is 0 Å². The van der Waals surface area contributed by atoms with Crippen molar-refractivity contribution >= 4 is 27.4 Å². The number of carbonyl (C=O) groups excluding carboxylic acids is 1. The zero-order valence-electron chi connectivity index (χ0n) is 20.1. The minimum absolute atomic E-state index is 0.345. The maximum atomic E-state index is 13.3. The summed E-state index contributed by atoms with van der Waals surface area (Å²) in [6.07, 6.45) is 1.91. The van der Waals surface area contributed by atoms with Crippen LogP contribution in [0.15, 0.2) is 55.1 Å². The quantitative estimate of drug-likeness (QED) is 0.142. The number of hydrogen-bond donors (Lipinski definition) is 0. The number of ether oxygens (including phenoxy) is 2. The first-order valence-corrected chi connectivity index (χ1v) is 12.7. The zero-order valence-corrected chi connectivity index (χ0v) is 20.9. The summed E-state index contributed by atoms with van der Waals surface area (Å²) in [6, 6.07) is 14.1. The van der Waals surface area contributed by atoms with E-state index in [1.807, 2.05) is 6.07 Å². The van der Waals surface area contributed by atoms with E-state index in [0.29, 0.717) is 5.75 Å². The molecular formula is C28H31F3O3S. The standard InChI is InChI=1S/C28H31F3O3S/c1-4-7-8-9-19-10-13-24(20(5-2)14-19)26-15-21-11-12-23(16-25(21)35-26)33-17-22(28(29,30)31)18-34-27(32)6-3/h6,10-16,22H,3-5,7-9,17-18H2,1-2H3. The van der Waals surface area contributed by atoms with Gasteiger partial charge in [-0.2, -0.15) is 13.2 Å². The predicted octanol–water partition coefficient (Wildman–Crippen LogP) is 8.15. The minimum Gasteiger partial charge on any atom is -0.493 e. The highest BCUT2D eigenvalue weighted by Gasteiger charge is 2.41. The van der Waals surface area contributed by atoms with E-state index in [1.165, 1.54) is 36.0 Å². The van der Waals surface area contributed by atoms with Crippen LogP contribution < -0.4 is 4.74 Å². The number of fused-ring (bicyclic) bond motifs is 1. The molecular weight excluding hydrogens is 473 g/mol. The Morgan fingerprint density at radius 1 is 1.09 bits per heavy atom. The van der Waals surface area contributed by atoms with Crippen molar-refractivity contribution < 1.29 is 27.4 Å². The van der Waals surface area contributed by atoms with Crippen molar-refractivity contribution in [2.45, 2.75) is 52.1 Å². The Morgan fingerprint density at radius 2 is 1.89 bits per heavy atom. The average Bonchev–Trinajstić information content (AvgIpc) is 3.26. The molecule has 1 aromatic heterocycles. The van der Waals surface area contributed by atoms with Crippen LogP contribution in [0, 0.1) is 5.92 Å². The molecule has 0 spiro atoms. The molecule has 35 heavy (non-hydrogen) atoms. The van der Waals surface area contributed by atoms with Gasteiger partial charge in [-0.25, -0.2) is 4.79 Å². The fourth-order valence-corrected chi connectivity index (χ4v) is 4.98. The molecule has 0 saturated heterocycles. The molecule has 1 heterocycles. The van der Waals surface area contributed by atoms with Crippen molar-refractivity contribution in [1.82, 2.24) is 0 Å². The molecule has 7 heteroatoms. The maximum absolute atomic E-state index is 13.3. The first kappa shape index (κ1) is 26.8. The van der Waals surface area contributed by atoms with Crippen LogP contribution in [-0.2, 0) is 22.4 Å². The number of carbonyl (C=O) groups is 1. The van der Waals surface area contributed by atoms with Crippen LogP contribution in [-0.4, -0.2) is 25.4 Å². The van der Waals surface area contributed by atoms with Crippen LogP contribution in [0.1, 0.15) is 44.2 Å². The third-order valence-corrected chi connectivity index (χ3v) is 7.02. The molecule has 0 aliphatic carbocycles. The van der Waals surface area contributed by atoms with E-state index in [0.717, 1.165) is 33.9 Å². The van der Waals surface area contributed by atoms with Crippen LogP contribution in [0.2, 0.25) is 0 Å². The van der Waals surface area contributed by atoms with Gasteiger partial charge < -0.3 is 9.47 Å². The first-order chi connectivity index (χ1) is 16.7. The molecule has 3 aromatic rings. The Balaban J connectivity index is 1.75. The topological polar surface area (TPSA) is 35.5 Å². The summed E-state index contributed by atoms with van der Waals surface area (Å²) in [5.41, 5.74) is 3.84. The molecule has 0 fully saturated rings. The van der Waals surface area contributed by atoms with Crippen molar-refractivity contribution in [3.8, 4) is 16.2 Å². The fraction of sp³-hybridized carbons (Fsp3) is 0.393. The predicted molar refractivity (Wildman–Crippen MR) is 136 cm³/mol. The van der Waals surface area contributed by atoms with Crippen LogP contribution in [0.5, 0.6) is 5.75 Å². The van der Waals surface area contributed by atoms with Gasteiger partial charge in [0.2, 0.25) is 0 Å². The molecule has 0 N–H and O–H groups in total.